The van der Waals surface area contributed by atoms with E-state index in [2.05, 4.69) is 12.1 Å². The third kappa shape index (κ3) is 7.81. The number of carbonyl (C=O) groups is 1. The molecular weight excluding hydrogens is 238 g/mol. The zero-order chi connectivity index (χ0) is 13.8. The highest BCUT2D eigenvalue weighted by molar-refractivity contribution is 5.70. The van der Waals surface area contributed by atoms with Crippen LogP contribution in [0, 0.1) is 0 Å². The maximum Gasteiger partial charge on any atom is 0.199 e. The molecule has 0 spiro atoms. The zero-order valence-corrected chi connectivity index (χ0v) is 12.2. The molecule has 0 saturated heterocycles. The van der Waals surface area contributed by atoms with Crippen LogP contribution in [0.5, 0.6) is 0 Å². The standard InChI is InChI=1S/C16H27NO2/c1-2-3-4-5-6-7-8-9-10-11-12-15-13-16(14-18)19-17-15/h13-14H,2-12H2,1H3. The van der Waals surface area contributed by atoms with Crippen LogP contribution in [-0.2, 0) is 6.42 Å². The van der Waals surface area contributed by atoms with Gasteiger partial charge in [0.05, 0.1) is 5.69 Å². The number of unbranched alkanes of at least 4 members (excludes halogenated alkanes) is 9. The molecule has 0 saturated carbocycles. The van der Waals surface area contributed by atoms with Gasteiger partial charge in [-0.3, -0.25) is 4.79 Å². The van der Waals surface area contributed by atoms with Gasteiger partial charge < -0.3 is 4.52 Å². The van der Waals surface area contributed by atoms with Crippen molar-refractivity contribution in [1.29, 1.82) is 0 Å². The van der Waals surface area contributed by atoms with Gasteiger partial charge in [0.2, 0.25) is 0 Å². The van der Waals surface area contributed by atoms with Crippen LogP contribution in [0.2, 0.25) is 0 Å². The minimum absolute atomic E-state index is 0.335. The van der Waals surface area contributed by atoms with Gasteiger partial charge in [0.15, 0.2) is 12.0 Å². The van der Waals surface area contributed by atoms with E-state index in [0.717, 1.165) is 18.5 Å². The summed E-state index contributed by atoms with van der Waals surface area (Å²) in [5.74, 6) is 0.335. The van der Waals surface area contributed by atoms with E-state index in [-0.39, 0.29) is 0 Å². The first-order chi connectivity index (χ1) is 9.36. The van der Waals surface area contributed by atoms with Gasteiger partial charge in [0, 0.05) is 6.07 Å². The van der Waals surface area contributed by atoms with Gasteiger partial charge in [-0.2, -0.15) is 0 Å². The molecule has 0 aliphatic heterocycles. The van der Waals surface area contributed by atoms with Crippen molar-refractivity contribution in [3.63, 3.8) is 0 Å². The summed E-state index contributed by atoms with van der Waals surface area (Å²) in [5, 5.41) is 3.86. The molecule has 0 atom stereocenters. The summed E-state index contributed by atoms with van der Waals surface area (Å²) in [6, 6.07) is 1.74. The van der Waals surface area contributed by atoms with Gasteiger partial charge in [0.1, 0.15) is 0 Å². The lowest BCUT2D eigenvalue weighted by molar-refractivity contribution is 0.109. The van der Waals surface area contributed by atoms with Crippen molar-refractivity contribution in [2.75, 3.05) is 0 Å². The highest BCUT2D eigenvalue weighted by Gasteiger charge is 2.02. The van der Waals surface area contributed by atoms with E-state index in [9.17, 15) is 4.79 Å². The Balaban J connectivity index is 1.87. The van der Waals surface area contributed by atoms with Gasteiger partial charge in [-0.05, 0) is 12.8 Å². The molecule has 0 N–H and O–H groups in total. The predicted octanol–water partition coefficient (Wildman–Crippen LogP) is 4.95. The van der Waals surface area contributed by atoms with Gasteiger partial charge in [0.25, 0.3) is 0 Å². The largest absolute Gasteiger partial charge is 0.353 e. The van der Waals surface area contributed by atoms with Gasteiger partial charge in [-0.1, -0.05) is 69.9 Å². The molecule has 3 heteroatoms. The quantitative estimate of drug-likeness (QED) is 0.396. The van der Waals surface area contributed by atoms with E-state index in [4.69, 9.17) is 4.52 Å². The fourth-order valence-electron chi connectivity index (χ4n) is 2.30. The molecule has 108 valence electrons. The van der Waals surface area contributed by atoms with Crippen molar-refractivity contribution in [3.8, 4) is 0 Å². The Morgan fingerprint density at radius 3 is 2.11 bits per heavy atom. The van der Waals surface area contributed by atoms with Crippen LogP contribution in [-0.4, -0.2) is 11.4 Å². The van der Waals surface area contributed by atoms with E-state index in [1.807, 2.05) is 0 Å². The number of carbonyl (C=O) groups excluding carboxylic acids is 1. The second kappa shape index (κ2) is 10.8. The molecule has 1 aromatic rings. The Morgan fingerprint density at radius 1 is 1.00 bits per heavy atom. The lowest BCUT2D eigenvalue weighted by Gasteiger charge is -2.01. The van der Waals surface area contributed by atoms with E-state index in [1.54, 1.807) is 6.07 Å². The predicted molar refractivity (Wildman–Crippen MR) is 77.4 cm³/mol. The first kappa shape index (κ1) is 15.9. The fourth-order valence-corrected chi connectivity index (χ4v) is 2.30. The maximum absolute atomic E-state index is 10.4. The summed E-state index contributed by atoms with van der Waals surface area (Å²) in [5.41, 5.74) is 0.904. The SMILES string of the molecule is CCCCCCCCCCCCc1cc(C=O)on1. The van der Waals surface area contributed by atoms with Gasteiger partial charge in [-0.15, -0.1) is 0 Å². The molecular formula is C16H27NO2. The Hall–Kier alpha value is -1.12. The molecule has 0 unspecified atom stereocenters. The molecule has 0 radical (unpaired) electrons. The van der Waals surface area contributed by atoms with Crippen molar-refractivity contribution in [1.82, 2.24) is 5.16 Å². The molecule has 0 amide bonds. The van der Waals surface area contributed by atoms with Crippen LogP contribution in [0.25, 0.3) is 0 Å². The Morgan fingerprint density at radius 2 is 1.58 bits per heavy atom. The lowest BCUT2D eigenvalue weighted by Crippen LogP contribution is -1.86. The minimum atomic E-state index is 0.335. The van der Waals surface area contributed by atoms with Crippen LogP contribution < -0.4 is 0 Å². The number of nitrogens with zero attached hydrogens (tertiary/aromatic N) is 1. The van der Waals surface area contributed by atoms with Crippen LogP contribution >= 0.6 is 0 Å². The number of aldehydes is 1. The maximum atomic E-state index is 10.4. The fraction of sp³-hybridized carbons (Fsp3) is 0.750. The zero-order valence-electron chi connectivity index (χ0n) is 12.2. The summed E-state index contributed by atoms with van der Waals surface area (Å²) in [4.78, 5) is 10.4. The number of aromatic nitrogens is 1. The van der Waals surface area contributed by atoms with Crippen molar-refractivity contribution in [2.24, 2.45) is 0 Å². The molecule has 0 aliphatic rings. The number of rotatable bonds is 12. The third-order valence-corrected chi connectivity index (χ3v) is 3.48. The molecule has 0 aliphatic carbocycles. The van der Waals surface area contributed by atoms with Crippen LogP contribution in [0.3, 0.4) is 0 Å². The highest BCUT2D eigenvalue weighted by atomic mass is 16.5. The van der Waals surface area contributed by atoms with Crippen LogP contribution in [0.4, 0.5) is 0 Å². The second-order valence-corrected chi connectivity index (χ2v) is 5.27. The summed E-state index contributed by atoms with van der Waals surface area (Å²) < 4.78 is 4.84. The summed E-state index contributed by atoms with van der Waals surface area (Å²) >= 11 is 0. The van der Waals surface area contributed by atoms with Crippen molar-refractivity contribution < 1.29 is 9.32 Å². The molecule has 19 heavy (non-hydrogen) atoms. The summed E-state index contributed by atoms with van der Waals surface area (Å²) in [6.07, 6.45) is 15.0. The van der Waals surface area contributed by atoms with E-state index in [1.165, 1.54) is 57.8 Å². The molecule has 3 nitrogen and oxygen atoms in total. The smallest absolute Gasteiger partial charge is 0.199 e. The van der Waals surface area contributed by atoms with Gasteiger partial charge >= 0.3 is 0 Å². The Bertz CT molecular complexity index is 333. The van der Waals surface area contributed by atoms with Crippen LogP contribution in [0.15, 0.2) is 10.6 Å². The van der Waals surface area contributed by atoms with Crippen molar-refractivity contribution in [3.05, 3.63) is 17.5 Å². The average molecular weight is 265 g/mol. The molecule has 0 aromatic carbocycles. The van der Waals surface area contributed by atoms with Gasteiger partial charge in [-0.25, -0.2) is 0 Å². The monoisotopic (exact) mass is 265 g/mol. The topological polar surface area (TPSA) is 43.1 Å². The minimum Gasteiger partial charge on any atom is -0.353 e. The number of aryl methyl sites for hydroxylation is 1. The first-order valence-corrected chi connectivity index (χ1v) is 7.77. The molecule has 1 aromatic heterocycles. The average Bonchev–Trinajstić information content (AvgIpc) is 2.89. The highest BCUT2D eigenvalue weighted by Crippen LogP contribution is 2.12. The van der Waals surface area contributed by atoms with E-state index < -0.39 is 0 Å². The Labute approximate surface area is 116 Å². The normalized spacial score (nSPS) is 10.8. The lowest BCUT2D eigenvalue weighted by atomic mass is 10.1. The van der Waals surface area contributed by atoms with E-state index >= 15 is 0 Å². The molecule has 1 heterocycles. The third-order valence-electron chi connectivity index (χ3n) is 3.48. The summed E-state index contributed by atoms with van der Waals surface area (Å²) in [7, 11) is 0. The molecule has 0 fully saturated rings. The van der Waals surface area contributed by atoms with Crippen molar-refractivity contribution >= 4 is 6.29 Å². The van der Waals surface area contributed by atoms with Crippen LogP contribution in [0.1, 0.15) is 87.4 Å². The second-order valence-electron chi connectivity index (χ2n) is 5.27. The number of hydrogen-bond donors (Lipinski definition) is 0. The first-order valence-electron chi connectivity index (χ1n) is 7.77. The van der Waals surface area contributed by atoms with E-state index in [0.29, 0.717) is 12.0 Å². The molecule has 0 bridgehead atoms. The van der Waals surface area contributed by atoms with Crippen molar-refractivity contribution in [2.45, 2.75) is 77.6 Å². The Kier molecular flexibility index (Phi) is 9.03. The number of hydrogen-bond acceptors (Lipinski definition) is 3. The summed E-state index contributed by atoms with van der Waals surface area (Å²) in [6.45, 7) is 2.26. The molecule has 1 rings (SSSR count).